The molecule has 0 unspecified atom stereocenters. The first-order chi connectivity index (χ1) is 46.9. The molecule has 4 nitrogen and oxygen atoms in total. The minimum Gasteiger partial charge on any atom is -0.455 e. The molecule has 0 aliphatic heterocycles. The van der Waals surface area contributed by atoms with E-state index >= 15 is 0 Å². The Labute approximate surface area is 564 Å². The number of hydrogen-bond acceptors (Lipinski definition) is 4. The Morgan fingerprint density at radius 2 is 0.577 bits per heavy atom. The SMILES string of the molecule is CC1(C)c2cc(N(c3ccc4c(c3)C(C)(C)c3c5c(c6c(oc7ccccc76)c3-4)-c3ccccc3C5(C)C)c3ccc4c(c3)C(C)(C)c3c5c(c6oc7ccccc7c6c3-4)-c3ccccc3C5(C)C)ccc2-c2c1cc(-c1ccc(-c3ccccc3)cc1)c1oc3ccccc3c21. The Morgan fingerprint density at radius 3 is 1.07 bits per heavy atom. The van der Waals surface area contributed by atoms with E-state index in [0.717, 1.165) is 77.8 Å². The fourth-order valence-corrected chi connectivity index (χ4v) is 19.7. The van der Waals surface area contributed by atoms with Gasteiger partial charge in [0.25, 0.3) is 0 Å². The van der Waals surface area contributed by atoms with Crippen LogP contribution in [-0.2, 0) is 27.1 Å². The summed E-state index contributed by atoms with van der Waals surface area (Å²) in [6, 6.07) is 88.4. The number of fused-ring (bicyclic) bond motifs is 31. The molecule has 16 aromatic rings. The van der Waals surface area contributed by atoms with E-state index in [0.29, 0.717) is 0 Å². The van der Waals surface area contributed by atoms with Crippen LogP contribution >= 0.6 is 0 Å². The van der Waals surface area contributed by atoms with Crippen LogP contribution in [0.15, 0.2) is 250 Å². The highest BCUT2D eigenvalue weighted by molar-refractivity contribution is 6.23. The van der Waals surface area contributed by atoms with E-state index < -0.39 is 16.2 Å². The molecule has 0 saturated carbocycles. The molecule has 3 aromatic heterocycles. The van der Waals surface area contributed by atoms with Crippen LogP contribution in [0.25, 0.3) is 144 Å². The predicted molar refractivity (Wildman–Crippen MR) is 402 cm³/mol. The number of para-hydroxylation sites is 3. The van der Waals surface area contributed by atoms with Gasteiger partial charge in [0, 0.05) is 93.1 Å². The van der Waals surface area contributed by atoms with Crippen molar-refractivity contribution in [1.29, 1.82) is 0 Å². The van der Waals surface area contributed by atoms with Crippen molar-refractivity contribution in [3.05, 3.63) is 292 Å². The van der Waals surface area contributed by atoms with Gasteiger partial charge in [-0.3, -0.25) is 0 Å². The maximum absolute atomic E-state index is 7.23. The molecule has 0 spiro atoms. The van der Waals surface area contributed by atoms with Gasteiger partial charge >= 0.3 is 0 Å². The van der Waals surface area contributed by atoms with E-state index in [1.54, 1.807) is 0 Å². The van der Waals surface area contributed by atoms with E-state index in [1.807, 2.05) is 0 Å². The number of benzene rings is 13. The van der Waals surface area contributed by atoms with Gasteiger partial charge in [0.2, 0.25) is 0 Å². The largest absolute Gasteiger partial charge is 0.455 e. The van der Waals surface area contributed by atoms with Gasteiger partial charge in [-0.15, -0.1) is 0 Å². The van der Waals surface area contributed by atoms with Crippen LogP contribution in [0, 0.1) is 0 Å². The highest BCUT2D eigenvalue weighted by Crippen LogP contribution is 2.67. The molecule has 0 N–H and O–H groups in total. The van der Waals surface area contributed by atoms with Crippen LogP contribution < -0.4 is 4.90 Å². The second-order valence-corrected chi connectivity index (χ2v) is 30.9. The Bertz CT molecular complexity index is 6270. The highest BCUT2D eigenvalue weighted by atomic mass is 16.3. The summed E-state index contributed by atoms with van der Waals surface area (Å²) in [5.41, 5.74) is 37.8. The number of nitrogens with zero attached hydrogens (tertiary/aromatic N) is 1. The zero-order valence-electron chi connectivity index (χ0n) is 56.2. The molecule has 5 aliphatic carbocycles. The lowest BCUT2D eigenvalue weighted by atomic mass is 9.72. The highest BCUT2D eigenvalue weighted by Gasteiger charge is 2.51. The van der Waals surface area contributed by atoms with Crippen LogP contribution in [0.4, 0.5) is 17.1 Å². The lowest BCUT2D eigenvalue weighted by Gasteiger charge is -2.33. The summed E-state index contributed by atoms with van der Waals surface area (Å²) in [6.07, 6.45) is 0. The smallest absolute Gasteiger partial charge is 0.144 e. The van der Waals surface area contributed by atoms with Crippen molar-refractivity contribution in [1.82, 2.24) is 0 Å². The van der Waals surface area contributed by atoms with E-state index in [4.69, 9.17) is 13.3 Å². The van der Waals surface area contributed by atoms with Crippen molar-refractivity contribution < 1.29 is 13.3 Å². The quantitative estimate of drug-likeness (QED) is 0.172. The standard InChI is InChI=1S/C93H69NO3/c1-89(2)67-46-53(40-43-58(67)74-70(89)49-64(86-77(74)61-28-16-21-33-71(61)95-86)52-38-36-51(37-39-52)50-24-12-11-13-25-50)94(54-41-44-59-68(47-54)92(7,8)83-76(59)79-63-30-18-23-35-73(63)96-87(79)80-57-27-15-20-32-66(57)91(5,6)84(80)83)55-42-45-60-69(48-55)93(9,10)85-81(60)88-78(62-29-17-22-34-72(62)97-88)75-56-26-14-19-31-65(56)90(3,4)82(75)85/h11-49H,1-10H3. The monoisotopic (exact) mass is 1250 g/mol. The van der Waals surface area contributed by atoms with Gasteiger partial charge in [-0.2, -0.15) is 0 Å². The molecule has 0 radical (unpaired) electrons. The molecule has 0 atom stereocenters. The topological polar surface area (TPSA) is 42.7 Å². The second kappa shape index (κ2) is 18.3. The summed E-state index contributed by atoms with van der Waals surface area (Å²) >= 11 is 0. The Hall–Kier alpha value is -10.9. The second-order valence-electron chi connectivity index (χ2n) is 30.9. The predicted octanol–water partition coefficient (Wildman–Crippen LogP) is 25.7. The maximum Gasteiger partial charge on any atom is 0.144 e. The molecule has 0 fully saturated rings. The summed E-state index contributed by atoms with van der Waals surface area (Å²) in [6.45, 7) is 24.5. The lowest BCUT2D eigenvalue weighted by Crippen LogP contribution is -2.24. The van der Waals surface area contributed by atoms with Crippen molar-refractivity contribution in [2.75, 3.05) is 4.90 Å². The lowest BCUT2D eigenvalue weighted by molar-refractivity contribution is 0.600. The van der Waals surface area contributed by atoms with Crippen molar-refractivity contribution >= 4 is 82.9 Å². The Kier molecular flexibility index (Phi) is 10.5. The van der Waals surface area contributed by atoms with Crippen LogP contribution in [0.2, 0.25) is 0 Å². The number of anilines is 3. The molecule has 0 bridgehead atoms. The normalized spacial score (nSPS) is 16.1. The average molecular weight is 1250 g/mol. The molecular formula is C93H69NO3. The first kappa shape index (κ1) is 55.4. The van der Waals surface area contributed by atoms with Gasteiger partial charge in [0.05, 0.1) is 0 Å². The van der Waals surface area contributed by atoms with Gasteiger partial charge < -0.3 is 18.2 Å². The molecule has 3 heterocycles. The molecule has 13 aromatic carbocycles. The van der Waals surface area contributed by atoms with E-state index in [-0.39, 0.29) is 10.8 Å². The van der Waals surface area contributed by atoms with Crippen LogP contribution in [0.3, 0.4) is 0 Å². The molecule has 0 amide bonds. The average Bonchev–Trinajstić information content (AvgIpc) is 1.53. The molecule has 5 aliphatic rings. The van der Waals surface area contributed by atoms with E-state index in [2.05, 4.69) is 311 Å². The van der Waals surface area contributed by atoms with Gasteiger partial charge in [-0.1, -0.05) is 245 Å². The fraction of sp³-hybridized carbons (Fsp3) is 0.161. The van der Waals surface area contributed by atoms with Gasteiger partial charge in [-0.25, -0.2) is 0 Å². The summed E-state index contributed by atoms with van der Waals surface area (Å²) in [4.78, 5) is 2.58. The third-order valence-corrected chi connectivity index (χ3v) is 24.1. The third kappa shape index (κ3) is 6.83. The van der Waals surface area contributed by atoms with Gasteiger partial charge in [0.1, 0.15) is 33.5 Å². The summed E-state index contributed by atoms with van der Waals surface area (Å²) in [5, 5.41) is 7.04. The molecule has 97 heavy (non-hydrogen) atoms. The fourth-order valence-electron chi connectivity index (χ4n) is 19.7. The Morgan fingerprint density at radius 1 is 0.237 bits per heavy atom. The number of hydrogen-bond donors (Lipinski definition) is 0. The van der Waals surface area contributed by atoms with Crippen LogP contribution in [0.5, 0.6) is 0 Å². The van der Waals surface area contributed by atoms with Crippen molar-refractivity contribution in [2.24, 2.45) is 0 Å². The summed E-state index contributed by atoms with van der Waals surface area (Å²) in [7, 11) is 0. The van der Waals surface area contributed by atoms with Crippen molar-refractivity contribution in [3.63, 3.8) is 0 Å². The minimum absolute atomic E-state index is 0.269. The zero-order valence-corrected chi connectivity index (χ0v) is 56.2. The zero-order chi connectivity index (χ0) is 65.3. The van der Waals surface area contributed by atoms with Crippen LogP contribution in [-0.4, -0.2) is 0 Å². The van der Waals surface area contributed by atoms with Crippen molar-refractivity contribution in [3.8, 4) is 77.9 Å². The van der Waals surface area contributed by atoms with E-state index in [9.17, 15) is 0 Å². The molecule has 4 heteroatoms. The molecule has 21 rings (SSSR count). The first-order valence-electron chi connectivity index (χ1n) is 34.6. The first-order valence-corrected chi connectivity index (χ1v) is 34.6. The van der Waals surface area contributed by atoms with Gasteiger partial charge in [0.15, 0.2) is 0 Å². The Balaban J connectivity index is 0.797. The summed E-state index contributed by atoms with van der Waals surface area (Å²) in [5.74, 6) is 0. The minimum atomic E-state index is -0.423. The summed E-state index contributed by atoms with van der Waals surface area (Å²) < 4.78 is 21.4. The van der Waals surface area contributed by atoms with Crippen molar-refractivity contribution in [2.45, 2.75) is 96.3 Å². The number of furan rings is 3. The third-order valence-electron chi connectivity index (χ3n) is 24.1. The van der Waals surface area contributed by atoms with Gasteiger partial charge in [-0.05, 0) is 177 Å². The van der Waals surface area contributed by atoms with E-state index in [1.165, 1.54) is 139 Å². The molecule has 0 saturated heterocycles. The molecule has 464 valence electrons. The number of rotatable bonds is 5. The molecular weight excluding hydrogens is 1180 g/mol. The maximum atomic E-state index is 7.23. The van der Waals surface area contributed by atoms with Crippen LogP contribution in [0.1, 0.15) is 125 Å².